The second kappa shape index (κ2) is 6.60. The van der Waals surface area contributed by atoms with Crippen LogP contribution in [0.4, 0.5) is 13.2 Å². The molecule has 0 aromatic heterocycles. The van der Waals surface area contributed by atoms with Crippen molar-refractivity contribution in [1.29, 1.82) is 0 Å². The van der Waals surface area contributed by atoms with Gasteiger partial charge in [-0.25, -0.2) is 0 Å². The van der Waals surface area contributed by atoms with E-state index in [1.54, 1.807) is 7.11 Å². The van der Waals surface area contributed by atoms with E-state index in [0.717, 1.165) is 43.7 Å². The molecule has 4 aliphatic rings. The summed E-state index contributed by atoms with van der Waals surface area (Å²) in [6, 6.07) is 10.6. The largest absolute Gasteiger partial charge is 0.416 e. The minimum Gasteiger partial charge on any atom is -0.383 e. The lowest BCUT2D eigenvalue weighted by atomic mass is 9.59. The van der Waals surface area contributed by atoms with Crippen molar-refractivity contribution in [3.05, 3.63) is 69.8 Å². The summed E-state index contributed by atoms with van der Waals surface area (Å²) in [6.07, 6.45) is 2.40. The molecule has 32 heavy (non-hydrogen) atoms. The zero-order valence-electron chi connectivity index (χ0n) is 18.1. The van der Waals surface area contributed by atoms with E-state index >= 15 is 0 Å². The lowest BCUT2D eigenvalue weighted by molar-refractivity contribution is -0.137. The van der Waals surface area contributed by atoms with Crippen LogP contribution in [0, 0.1) is 5.41 Å². The maximum absolute atomic E-state index is 13.7. The molecular formula is C26H27F3N2O. The summed E-state index contributed by atoms with van der Waals surface area (Å²) >= 11 is 0. The van der Waals surface area contributed by atoms with Crippen molar-refractivity contribution in [2.45, 2.75) is 68.7 Å². The van der Waals surface area contributed by atoms with E-state index in [1.165, 1.54) is 36.1 Å². The summed E-state index contributed by atoms with van der Waals surface area (Å²) in [5, 5.41) is 0. The van der Waals surface area contributed by atoms with Crippen molar-refractivity contribution in [3.63, 3.8) is 0 Å². The molecule has 2 fully saturated rings. The van der Waals surface area contributed by atoms with Crippen LogP contribution in [-0.4, -0.2) is 19.0 Å². The van der Waals surface area contributed by atoms with E-state index < -0.39 is 17.3 Å². The first-order valence-electron chi connectivity index (χ1n) is 11.5. The van der Waals surface area contributed by atoms with Crippen LogP contribution >= 0.6 is 0 Å². The number of hydrogen-bond donors (Lipinski definition) is 1. The molecule has 0 radical (unpaired) electrons. The van der Waals surface area contributed by atoms with Crippen molar-refractivity contribution < 1.29 is 17.9 Å². The van der Waals surface area contributed by atoms with Gasteiger partial charge in [-0.1, -0.05) is 24.3 Å². The third-order valence-electron chi connectivity index (χ3n) is 8.39. The monoisotopic (exact) mass is 440 g/mol. The number of alkyl halides is 3. The van der Waals surface area contributed by atoms with Crippen LogP contribution in [-0.2, 0) is 22.9 Å². The molecule has 0 saturated heterocycles. The first-order chi connectivity index (χ1) is 15.3. The Balaban J connectivity index is 1.60. The molecule has 3 aliphatic carbocycles. The second-order valence-corrected chi connectivity index (χ2v) is 10.0. The van der Waals surface area contributed by atoms with Crippen LogP contribution in [0.15, 0.2) is 41.4 Å². The molecule has 1 heterocycles. The minimum absolute atomic E-state index is 0.187. The van der Waals surface area contributed by atoms with E-state index in [9.17, 15) is 13.2 Å². The van der Waals surface area contributed by atoms with Gasteiger partial charge in [-0.3, -0.25) is 4.99 Å². The van der Waals surface area contributed by atoms with E-state index in [2.05, 4.69) is 18.2 Å². The molecule has 2 N–H and O–H groups in total. The predicted molar refractivity (Wildman–Crippen MR) is 117 cm³/mol. The average molecular weight is 441 g/mol. The van der Waals surface area contributed by atoms with Crippen LogP contribution in [0.25, 0.3) is 0 Å². The second-order valence-electron chi connectivity index (χ2n) is 10.0. The van der Waals surface area contributed by atoms with Crippen LogP contribution in [0.3, 0.4) is 0 Å². The number of methoxy groups -OCH3 is 1. The topological polar surface area (TPSA) is 47.6 Å². The fraction of sp³-hybridized carbons (Fsp3) is 0.500. The van der Waals surface area contributed by atoms with Gasteiger partial charge < -0.3 is 10.5 Å². The number of rotatable bonds is 2. The number of nitrogens with zero attached hydrogens (tertiary/aromatic N) is 1. The molecule has 3 nitrogen and oxygen atoms in total. The first kappa shape index (κ1) is 20.3. The SMILES string of the molecule is COC1CCC2(CC1)Cc1ccc(C3CC3)cc1C21N=C(N)c2ccc(C(F)(F)F)cc21. The van der Waals surface area contributed by atoms with Crippen LogP contribution in [0.1, 0.15) is 77.8 Å². The lowest BCUT2D eigenvalue weighted by Gasteiger charge is -2.47. The molecule has 1 aliphatic heterocycles. The Morgan fingerprint density at radius 3 is 2.41 bits per heavy atom. The highest BCUT2D eigenvalue weighted by Gasteiger charge is 2.62. The maximum Gasteiger partial charge on any atom is 0.416 e. The summed E-state index contributed by atoms with van der Waals surface area (Å²) in [5.41, 5.74) is 9.47. The molecule has 1 atom stereocenters. The fourth-order valence-electron chi connectivity index (χ4n) is 6.61. The van der Waals surface area contributed by atoms with Gasteiger partial charge in [-0.05, 0) is 85.3 Å². The van der Waals surface area contributed by atoms with Crippen LogP contribution < -0.4 is 5.73 Å². The van der Waals surface area contributed by atoms with E-state index in [4.69, 9.17) is 15.5 Å². The molecule has 2 saturated carbocycles. The molecule has 6 heteroatoms. The standard InChI is InChI=1S/C26H27F3N2O/c1-32-19-8-10-24(11-9-19)14-17-5-4-16(15-2-3-15)12-21(17)25(24)22-13-18(26(27,28)29)6-7-20(22)23(30)31-25/h4-7,12-13,15,19H,2-3,8-11,14H2,1H3,(H2,30,31). The number of hydrogen-bond acceptors (Lipinski definition) is 3. The number of aliphatic imine (C=N–C) groups is 1. The van der Waals surface area contributed by atoms with Gasteiger partial charge in [0.15, 0.2) is 0 Å². The van der Waals surface area contributed by atoms with Crippen molar-refractivity contribution in [3.8, 4) is 0 Å². The summed E-state index contributed by atoms with van der Waals surface area (Å²) in [6.45, 7) is 0. The Hall–Kier alpha value is -2.34. The summed E-state index contributed by atoms with van der Waals surface area (Å²) in [7, 11) is 1.74. The molecule has 0 amide bonds. The third kappa shape index (κ3) is 2.68. The van der Waals surface area contributed by atoms with Crippen molar-refractivity contribution in [2.24, 2.45) is 16.1 Å². The average Bonchev–Trinajstić information content (AvgIpc) is 3.54. The Bertz CT molecular complexity index is 1130. The van der Waals surface area contributed by atoms with Crippen molar-refractivity contribution in [1.82, 2.24) is 0 Å². The highest BCUT2D eigenvalue weighted by atomic mass is 19.4. The maximum atomic E-state index is 13.7. The minimum atomic E-state index is -4.41. The van der Waals surface area contributed by atoms with Gasteiger partial charge in [-0.2, -0.15) is 13.2 Å². The molecule has 2 aromatic carbocycles. The molecule has 2 spiro atoms. The number of ether oxygens (including phenoxy) is 1. The molecule has 168 valence electrons. The van der Waals surface area contributed by atoms with Gasteiger partial charge in [0.1, 0.15) is 11.4 Å². The summed E-state index contributed by atoms with van der Waals surface area (Å²) < 4.78 is 46.9. The van der Waals surface area contributed by atoms with Gasteiger partial charge in [0.2, 0.25) is 0 Å². The van der Waals surface area contributed by atoms with E-state index in [1.807, 2.05) is 0 Å². The smallest absolute Gasteiger partial charge is 0.383 e. The van der Waals surface area contributed by atoms with Crippen molar-refractivity contribution in [2.75, 3.05) is 7.11 Å². The Morgan fingerprint density at radius 2 is 1.75 bits per heavy atom. The number of halogens is 3. The third-order valence-corrected chi connectivity index (χ3v) is 8.39. The number of amidine groups is 1. The van der Waals surface area contributed by atoms with Gasteiger partial charge in [0.05, 0.1) is 11.7 Å². The quantitative estimate of drug-likeness (QED) is 0.653. The lowest BCUT2D eigenvalue weighted by Crippen LogP contribution is -2.45. The zero-order chi connectivity index (χ0) is 22.3. The summed E-state index contributed by atoms with van der Waals surface area (Å²) in [5.74, 6) is 0.911. The van der Waals surface area contributed by atoms with Gasteiger partial charge in [0, 0.05) is 18.1 Å². The molecule has 2 aromatic rings. The van der Waals surface area contributed by atoms with Gasteiger partial charge >= 0.3 is 6.18 Å². The molecule has 6 rings (SSSR count). The molecule has 1 unspecified atom stereocenters. The van der Waals surface area contributed by atoms with Gasteiger partial charge in [0.25, 0.3) is 0 Å². The number of nitrogens with two attached hydrogens (primary N) is 1. The fourth-order valence-corrected chi connectivity index (χ4v) is 6.61. The normalized spacial score (nSPS) is 31.1. The highest BCUT2D eigenvalue weighted by molar-refractivity contribution is 6.03. The Kier molecular flexibility index (Phi) is 4.18. The Labute approximate surface area is 185 Å². The summed E-state index contributed by atoms with van der Waals surface area (Å²) in [4.78, 5) is 5.09. The van der Waals surface area contributed by atoms with E-state index in [0.29, 0.717) is 22.9 Å². The first-order valence-corrected chi connectivity index (χ1v) is 11.5. The number of benzene rings is 2. The molecule has 0 bridgehead atoms. The zero-order valence-corrected chi connectivity index (χ0v) is 18.1. The van der Waals surface area contributed by atoms with Crippen molar-refractivity contribution >= 4 is 5.84 Å². The highest BCUT2D eigenvalue weighted by Crippen LogP contribution is 2.65. The van der Waals surface area contributed by atoms with Crippen LogP contribution in [0.2, 0.25) is 0 Å². The predicted octanol–water partition coefficient (Wildman–Crippen LogP) is 5.68. The van der Waals surface area contributed by atoms with Crippen LogP contribution in [0.5, 0.6) is 0 Å². The number of fused-ring (bicyclic) bond motifs is 5. The van der Waals surface area contributed by atoms with Gasteiger partial charge in [-0.15, -0.1) is 0 Å². The van der Waals surface area contributed by atoms with E-state index in [-0.39, 0.29) is 11.5 Å². The Morgan fingerprint density at radius 1 is 1.00 bits per heavy atom. The molecular weight excluding hydrogens is 413 g/mol.